The minimum Gasteiger partial charge on any atom is -0.333 e. The Balaban J connectivity index is 1.91. The summed E-state index contributed by atoms with van der Waals surface area (Å²) >= 11 is 13.4. The minimum atomic E-state index is -0.560. The van der Waals surface area contributed by atoms with Crippen LogP contribution in [0.15, 0.2) is 40.2 Å². The van der Waals surface area contributed by atoms with Crippen LogP contribution in [0, 0.1) is 10.1 Å². The number of aromatic nitrogens is 2. The van der Waals surface area contributed by atoms with Gasteiger partial charge in [-0.1, -0.05) is 40.5 Å². The van der Waals surface area contributed by atoms with Gasteiger partial charge in [0, 0.05) is 6.07 Å². The highest BCUT2D eigenvalue weighted by molar-refractivity contribution is 7.13. The van der Waals surface area contributed by atoms with E-state index in [0.29, 0.717) is 11.4 Å². The van der Waals surface area contributed by atoms with Crippen LogP contribution in [0.4, 0.5) is 5.69 Å². The largest absolute Gasteiger partial charge is 0.333 e. The van der Waals surface area contributed by atoms with E-state index in [0.717, 1.165) is 4.88 Å². The van der Waals surface area contributed by atoms with Crippen molar-refractivity contribution >= 4 is 51.3 Å². The molecule has 0 aliphatic carbocycles. The molecule has 23 heavy (non-hydrogen) atoms. The van der Waals surface area contributed by atoms with Gasteiger partial charge in [-0.3, -0.25) is 10.1 Å². The van der Waals surface area contributed by atoms with Crippen LogP contribution in [0.25, 0.3) is 21.8 Å². The second-order valence-electron chi connectivity index (χ2n) is 4.36. The molecule has 0 atom stereocenters. The van der Waals surface area contributed by atoms with Gasteiger partial charge in [-0.2, -0.15) is 4.98 Å². The minimum absolute atomic E-state index is 0.0565. The van der Waals surface area contributed by atoms with Gasteiger partial charge in [0.1, 0.15) is 10.1 Å². The Kier molecular flexibility index (Phi) is 4.42. The van der Waals surface area contributed by atoms with E-state index in [1.807, 2.05) is 17.5 Å². The molecule has 0 unspecified atom stereocenters. The first kappa shape index (κ1) is 15.7. The maximum Gasteiger partial charge on any atom is 0.288 e. The molecule has 0 radical (unpaired) electrons. The Morgan fingerprint density at radius 1 is 1.39 bits per heavy atom. The average Bonchev–Trinajstić information content (AvgIpc) is 3.19. The molecule has 3 aromatic rings. The van der Waals surface area contributed by atoms with E-state index in [9.17, 15) is 10.1 Å². The fourth-order valence-corrected chi connectivity index (χ4v) is 2.83. The molecule has 9 heteroatoms. The van der Waals surface area contributed by atoms with Crippen LogP contribution in [0.1, 0.15) is 11.5 Å². The normalized spacial score (nSPS) is 11.7. The van der Waals surface area contributed by atoms with Crippen molar-refractivity contribution in [3.63, 3.8) is 0 Å². The monoisotopic (exact) mass is 367 g/mol. The molecule has 1 aromatic carbocycles. The second kappa shape index (κ2) is 6.49. The molecule has 0 bridgehead atoms. The highest BCUT2D eigenvalue weighted by atomic mass is 35.5. The van der Waals surface area contributed by atoms with E-state index in [2.05, 4.69) is 10.1 Å². The van der Waals surface area contributed by atoms with Crippen molar-refractivity contribution in [2.24, 2.45) is 0 Å². The van der Waals surface area contributed by atoms with Crippen molar-refractivity contribution in [2.75, 3.05) is 0 Å². The molecule has 3 rings (SSSR count). The summed E-state index contributed by atoms with van der Waals surface area (Å²) in [6.45, 7) is 0. The average molecular weight is 368 g/mol. The zero-order chi connectivity index (χ0) is 16.4. The SMILES string of the molecule is O=[N+]([O-])c1cc(C=C(Cl)c2nc(-c3cccs3)no2)ccc1Cl. The van der Waals surface area contributed by atoms with Gasteiger partial charge in [-0.15, -0.1) is 11.3 Å². The van der Waals surface area contributed by atoms with Crippen LogP contribution < -0.4 is 0 Å². The lowest BCUT2D eigenvalue weighted by atomic mass is 10.2. The van der Waals surface area contributed by atoms with Crippen LogP contribution in [0.2, 0.25) is 5.02 Å². The molecule has 6 nitrogen and oxygen atoms in total. The number of hydrogen-bond acceptors (Lipinski definition) is 6. The molecule has 0 fully saturated rings. The quantitative estimate of drug-likeness (QED) is 0.473. The summed E-state index contributed by atoms with van der Waals surface area (Å²) in [4.78, 5) is 15.4. The summed E-state index contributed by atoms with van der Waals surface area (Å²) in [6, 6.07) is 8.09. The number of hydrogen-bond donors (Lipinski definition) is 0. The van der Waals surface area contributed by atoms with Gasteiger partial charge in [0.05, 0.1) is 9.80 Å². The van der Waals surface area contributed by atoms with Crippen LogP contribution in [0.5, 0.6) is 0 Å². The van der Waals surface area contributed by atoms with Gasteiger partial charge in [0.2, 0.25) is 5.82 Å². The van der Waals surface area contributed by atoms with Crippen molar-refractivity contribution < 1.29 is 9.45 Å². The predicted octanol–water partition coefficient (Wildman–Crippen LogP) is 5.10. The molecule has 0 aliphatic heterocycles. The Morgan fingerprint density at radius 3 is 2.91 bits per heavy atom. The van der Waals surface area contributed by atoms with Crippen molar-refractivity contribution in [3.8, 4) is 10.7 Å². The molecular formula is C14H7Cl2N3O3S. The van der Waals surface area contributed by atoms with E-state index in [1.165, 1.54) is 29.5 Å². The van der Waals surface area contributed by atoms with E-state index in [-0.39, 0.29) is 21.6 Å². The van der Waals surface area contributed by atoms with Crippen molar-refractivity contribution in [3.05, 3.63) is 62.3 Å². The number of rotatable bonds is 4. The molecule has 116 valence electrons. The summed E-state index contributed by atoms with van der Waals surface area (Å²) in [6.07, 6.45) is 1.50. The molecule has 2 aromatic heterocycles. The number of halogens is 2. The van der Waals surface area contributed by atoms with Crippen molar-refractivity contribution in [1.82, 2.24) is 10.1 Å². The molecule has 2 heterocycles. The standard InChI is InChI=1S/C14H7Cl2N3O3S/c15-9-4-3-8(7-11(9)19(20)21)6-10(16)14-17-13(18-22-14)12-2-1-5-23-12/h1-7H. The van der Waals surface area contributed by atoms with Gasteiger partial charge in [0.25, 0.3) is 11.6 Å². The second-order valence-corrected chi connectivity index (χ2v) is 6.12. The number of nitro benzene ring substituents is 1. The van der Waals surface area contributed by atoms with Gasteiger partial charge in [0.15, 0.2) is 0 Å². The third-order valence-corrected chi connectivity index (χ3v) is 4.29. The van der Waals surface area contributed by atoms with Gasteiger partial charge >= 0.3 is 0 Å². The number of nitrogens with zero attached hydrogens (tertiary/aromatic N) is 3. The third-order valence-electron chi connectivity index (χ3n) is 2.83. The lowest BCUT2D eigenvalue weighted by Crippen LogP contribution is -1.89. The summed E-state index contributed by atoms with van der Waals surface area (Å²) in [5.41, 5.74) is 0.302. The first-order valence-corrected chi connectivity index (χ1v) is 7.87. The van der Waals surface area contributed by atoms with Gasteiger partial charge in [-0.25, -0.2) is 0 Å². The number of nitro groups is 1. The number of thiophene rings is 1. The summed E-state index contributed by atoms with van der Waals surface area (Å²) in [5, 5.41) is 16.9. The smallest absolute Gasteiger partial charge is 0.288 e. The predicted molar refractivity (Wildman–Crippen MR) is 89.4 cm³/mol. The lowest BCUT2D eigenvalue weighted by molar-refractivity contribution is -0.384. The fourth-order valence-electron chi connectivity index (χ4n) is 1.79. The molecule has 0 aliphatic rings. The van der Waals surface area contributed by atoms with Crippen LogP contribution in [-0.4, -0.2) is 15.1 Å². The third kappa shape index (κ3) is 3.42. The van der Waals surface area contributed by atoms with E-state index < -0.39 is 4.92 Å². The fraction of sp³-hybridized carbons (Fsp3) is 0. The van der Waals surface area contributed by atoms with Crippen LogP contribution in [0.3, 0.4) is 0 Å². The Hall–Kier alpha value is -2.22. The van der Waals surface area contributed by atoms with E-state index >= 15 is 0 Å². The summed E-state index contributed by atoms with van der Waals surface area (Å²) in [5.74, 6) is 0.566. The van der Waals surface area contributed by atoms with E-state index in [1.54, 1.807) is 6.07 Å². The molecule has 0 spiro atoms. The molecule has 0 saturated carbocycles. The van der Waals surface area contributed by atoms with Crippen LogP contribution in [-0.2, 0) is 0 Å². The van der Waals surface area contributed by atoms with Crippen LogP contribution >= 0.6 is 34.5 Å². The Labute approximate surface area is 144 Å². The van der Waals surface area contributed by atoms with Crippen molar-refractivity contribution in [2.45, 2.75) is 0 Å². The molecule has 0 amide bonds. The highest BCUT2D eigenvalue weighted by Crippen LogP contribution is 2.29. The van der Waals surface area contributed by atoms with Gasteiger partial charge in [-0.05, 0) is 29.2 Å². The number of benzene rings is 1. The van der Waals surface area contributed by atoms with Crippen molar-refractivity contribution in [1.29, 1.82) is 0 Å². The maximum absolute atomic E-state index is 10.9. The topological polar surface area (TPSA) is 82.1 Å². The molecule has 0 saturated heterocycles. The van der Waals surface area contributed by atoms with E-state index in [4.69, 9.17) is 27.7 Å². The molecular weight excluding hydrogens is 361 g/mol. The summed E-state index contributed by atoms with van der Waals surface area (Å²) < 4.78 is 5.11. The maximum atomic E-state index is 10.9. The zero-order valence-electron chi connectivity index (χ0n) is 11.3. The Morgan fingerprint density at radius 2 is 2.22 bits per heavy atom. The first-order valence-electron chi connectivity index (χ1n) is 6.23. The lowest BCUT2D eigenvalue weighted by Gasteiger charge is -1.98. The van der Waals surface area contributed by atoms with Gasteiger partial charge < -0.3 is 4.52 Å². The highest BCUT2D eigenvalue weighted by Gasteiger charge is 2.15. The first-order chi connectivity index (χ1) is 11.0. The Bertz CT molecular complexity index is 891. The molecule has 0 N–H and O–H groups in total. The zero-order valence-corrected chi connectivity index (χ0v) is 13.6. The summed E-state index contributed by atoms with van der Waals surface area (Å²) in [7, 11) is 0.